The summed E-state index contributed by atoms with van der Waals surface area (Å²) in [6.07, 6.45) is 0.759. The van der Waals surface area contributed by atoms with Crippen LogP contribution in [0.4, 0.5) is 0 Å². The van der Waals surface area contributed by atoms with Crippen LogP contribution in [0.3, 0.4) is 0 Å². The first kappa shape index (κ1) is 20.0. The van der Waals surface area contributed by atoms with Gasteiger partial charge in [-0.2, -0.15) is 0 Å². The number of halogens is 1. The zero-order valence-electron chi connectivity index (χ0n) is 17.2. The molecule has 4 heteroatoms. The molecule has 0 saturated carbocycles. The van der Waals surface area contributed by atoms with Crippen molar-refractivity contribution >= 4 is 37.2 Å². The molecule has 0 aliphatic rings. The van der Waals surface area contributed by atoms with E-state index >= 15 is 0 Å². The highest BCUT2D eigenvalue weighted by molar-refractivity contribution is 7.27. The highest BCUT2D eigenvalue weighted by Crippen LogP contribution is 2.33. The molecule has 0 radical (unpaired) electrons. The monoisotopic (exact) mass is 440 g/mol. The number of hydrogen-bond acceptors (Lipinski definition) is 1. The van der Waals surface area contributed by atoms with Gasteiger partial charge in [-0.3, -0.25) is 0 Å². The number of aryl methyl sites for hydroxylation is 1. The summed E-state index contributed by atoms with van der Waals surface area (Å²) in [5.74, 6) is 0.941. The highest BCUT2D eigenvalue weighted by atomic mass is 35.5. The van der Waals surface area contributed by atoms with E-state index in [9.17, 15) is 0 Å². The number of hydrogen-bond donors (Lipinski definition) is 1. The zero-order valence-corrected chi connectivity index (χ0v) is 19.1. The smallest absolute Gasteiger partial charge is 0.111 e. The molecule has 1 unspecified atom stereocenters. The first-order valence-electron chi connectivity index (χ1n) is 10.3. The summed E-state index contributed by atoms with van der Waals surface area (Å²) >= 11 is 6.65. The molecule has 1 N–H and O–H groups in total. The van der Waals surface area contributed by atoms with Gasteiger partial charge in [0.25, 0.3) is 0 Å². The molecule has 2 nitrogen and oxygen atoms in total. The molecule has 0 fully saturated rings. The van der Waals surface area contributed by atoms with Gasteiger partial charge in [0.15, 0.2) is 0 Å². The lowest BCUT2D eigenvalue weighted by molar-refractivity contribution is 1.04. The minimum atomic E-state index is 0.720. The number of imidazole rings is 1. The number of aromatic amines is 1. The molecule has 0 bridgehead atoms. The maximum Gasteiger partial charge on any atom is 0.111 e. The number of aromatic nitrogens is 2. The second-order valence-corrected chi connectivity index (χ2v) is 8.87. The topological polar surface area (TPSA) is 28.7 Å². The summed E-state index contributed by atoms with van der Waals surface area (Å²) in [5.41, 5.74) is 8.87. The second-order valence-electron chi connectivity index (χ2n) is 7.84. The molecular weight excluding hydrogens is 419 g/mol. The standard InChI is InChI=1S/C27H22ClN2P/c1-17-7-8-18(13-26(17)31)14-27-29-24-15-22(23(28)16-25(24)30-27)21-11-9-20(10-12-21)19-5-3-2-4-6-19/h2-13,15-16H,14,31H2,1H3,(H,29,30). The largest absolute Gasteiger partial charge is 0.342 e. The maximum absolute atomic E-state index is 6.65. The normalized spacial score (nSPS) is 11.2. The summed E-state index contributed by atoms with van der Waals surface area (Å²) in [4.78, 5) is 8.26. The van der Waals surface area contributed by atoms with Gasteiger partial charge < -0.3 is 4.98 Å². The number of H-pyrrole nitrogens is 1. The maximum atomic E-state index is 6.65. The summed E-state index contributed by atoms with van der Waals surface area (Å²) in [6.45, 7) is 2.11. The lowest BCUT2D eigenvalue weighted by Crippen LogP contribution is -2.00. The Morgan fingerprint density at radius 3 is 2.29 bits per heavy atom. The van der Waals surface area contributed by atoms with Crippen LogP contribution < -0.4 is 5.30 Å². The zero-order chi connectivity index (χ0) is 21.4. The lowest BCUT2D eigenvalue weighted by Gasteiger charge is -2.07. The molecule has 1 heterocycles. The van der Waals surface area contributed by atoms with E-state index < -0.39 is 0 Å². The summed E-state index contributed by atoms with van der Waals surface area (Å²) in [5, 5.41) is 1.94. The third-order valence-corrected chi connectivity index (χ3v) is 6.57. The Balaban J connectivity index is 1.46. The van der Waals surface area contributed by atoms with Crippen LogP contribution in [-0.2, 0) is 6.42 Å². The molecule has 5 rings (SSSR count). The third kappa shape index (κ3) is 4.14. The molecule has 0 amide bonds. The van der Waals surface area contributed by atoms with E-state index in [0.29, 0.717) is 0 Å². The summed E-state index contributed by atoms with van der Waals surface area (Å²) < 4.78 is 0. The van der Waals surface area contributed by atoms with Crippen molar-refractivity contribution in [3.8, 4) is 22.3 Å². The fourth-order valence-electron chi connectivity index (χ4n) is 3.85. The average Bonchev–Trinajstić information content (AvgIpc) is 3.17. The number of benzene rings is 4. The first-order valence-corrected chi connectivity index (χ1v) is 11.2. The molecular formula is C27H22ClN2P. The van der Waals surface area contributed by atoms with Crippen LogP contribution in [0.2, 0.25) is 5.02 Å². The number of rotatable bonds is 4. The Labute approximate surface area is 189 Å². The molecule has 4 aromatic carbocycles. The van der Waals surface area contributed by atoms with E-state index in [2.05, 4.69) is 93.9 Å². The molecule has 31 heavy (non-hydrogen) atoms. The molecule has 5 aromatic rings. The Morgan fingerprint density at radius 2 is 1.55 bits per heavy atom. The van der Waals surface area contributed by atoms with Gasteiger partial charge in [-0.1, -0.05) is 84.4 Å². The molecule has 0 aliphatic carbocycles. The molecule has 152 valence electrons. The van der Waals surface area contributed by atoms with Gasteiger partial charge in [0.05, 0.1) is 16.1 Å². The number of nitrogens with zero attached hydrogens (tertiary/aromatic N) is 1. The molecule has 1 atom stereocenters. The predicted octanol–water partition coefficient (Wildman–Crippen LogP) is 6.95. The van der Waals surface area contributed by atoms with E-state index in [-0.39, 0.29) is 0 Å². The van der Waals surface area contributed by atoms with Crippen molar-refractivity contribution in [2.24, 2.45) is 0 Å². The Hall–Kier alpha value is -2.93. The van der Waals surface area contributed by atoms with Crippen molar-refractivity contribution in [2.75, 3.05) is 0 Å². The van der Waals surface area contributed by atoms with E-state index in [4.69, 9.17) is 16.6 Å². The van der Waals surface area contributed by atoms with Crippen LogP contribution in [0.5, 0.6) is 0 Å². The number of nitrogens with one attached hydrogen (secondary N) is 1. The minimum absolute atomic E-state index is 0.720. The molecule has 0 saturated heterocycles. The van der Waals surface area contributed by atoms with Crippen molar-refractivity contribution in [2.45, 2.75) is 13.3 Å². The van der Waals surface area contributed by atoms with Gasteiger partial charge in [0.2, 0.25) is 0 Å². The molecule has 0 spiro atoms. The van der Waals surface area contributed by atoms with Crippen molar-refractivity contribution in [1.82, 2.24) is 9.97 Å². The average molecular weight is 441 g/mol. The van der Waals surface area contributed by atoms with Crippen LogP contribution in [0, 0.1) is 6.92 Å². The summed E-state index contributed by atoms with van der Waals surface area (Å²) in [7, 11) is 2.80. The molecule has 0 aliphatic heterocycles. The van der Waals surface area contributed by atoms with Crippen molar-refractivity contribution in [3.05, 3.63) is 107 Å². The van der Waals surface area contributed by atoms with Crippen molar-refractivity contribution in [3.63, 3.8) is 0 Å². The molecule has 1 aromatic heterocycles. The fraction of sp³-hybridized carbons (Fsp3) is 0.0741. The van der Waals surface area contributed by atoms with Gasteiger partial charge in [-0.15, -0.1) is 9.24 Å². The van der Waals surface area contributed by atoms with Gasteiger partial charge in [-0.25, -0.2) is 4.98 Å². The van der Waals surface area contributed by atoms with Crippen LogP contribution >= 0.6 is 20.8 Å². The van der Waals surface area contributed by atoms with Crippen LogP contribution in [-0.4, -0.2) is 9.97 Å². The van der Waals surface area contributed by atoms with E-state index in [1.165, 1.54) is 27.6 Å². The first-order chi connectivity index (χ1) is 15.1. The van der Waals surface area contributed by atoms with E-state index in [1.54, 1.807) is 0 Å². The van der Waals surface area contributed by atoms with Gasteiger partial charge in [-0.05, 0) is 52.2 Å². The van der Waals surface area contributed by atoms with Gasteiger partial charge in [0, 0.05) is 12.0 Å². The van der Waals surface area contributed by atoms with Gasteiger partial charge in [0.1, 0.15) is 5.82 Å². The lowest BCUT2D eigenvalue weighted by atomic mass is 10.00. The quantitative estimate of drug-likeness (QED) is 0.301. The van der Waals surface area contributed by atoms with Crippen molar-refractivity contribution < 1.29 is 0 Å². The second kappa shape index (κ2) is 8.30. The summed E-state index contributed by atoms with van der Waals surface area (Å²) in [6, 6.07) is 29.4. The van der Waals surface area contributed by atoms with Crippen LogP contribution in [0.15, 0.2) is 84.9 Å². The predicted molar refractivity (Wildman–Crippen MR) is 135 cm³/mol. The SMILES string of the molecule is Cc1ccc(Cc2nc3cc(-c4ccc(-c5ccccc5)cc4)c(Cl)cc3[nH]2)cc1P. The van der Waals surface area contributed by atoms with Crippen molar-refractivity contribution in [1.29, 1.82) is 0 Å². The van der Waals surface area contributed by atoms with E-state index in [1.807, 2.05) is 12.1 Å². The highest BCUT2D eigenvalue weighted by Gasteiger charge is 2.11. The fourth-order valence-corrected chi connectivity index (χ4v) is 4.44. The van der Waals surface area contributed by atoms with Gasteiger partial charge >= 0.3 is 0 Å². The van der Waals surface area contributed by atoms with Crippen LogP contribution in [0.1, 0.15) is 17.0 Å². The van der Waals surface area contributed by atoms with E-state index in [0.717, 1.165) is 39.4 Å². The minimum Gasteiger partial charge on any atom is -0.342 e. The van der Waals surface area contributed by atoms with Crippen LogP contribution in [0.25, 0.3) is 33.3 Å². The number of fused-ring (bicyclic) bond motifs is 1. The Kier molecular flexibility index (Phi) is 5.36. The third-order valence-electron chi connectivity index (χ3n) is 5.64. The Morgan fingerprint density at radius 1 is 0.839 bits per heavy atom. The Bertz CT molecular complexity index is 1370.